The molecule has 1 heterocycles. The standard InChI is InChI=1S/C9H16N2.C3H8/c1-2-8-5-10-11(6-8)7-9-3-4-9;1-3-2/h6,9-10H,2-5,7H2,1H3;3H2,1-2H3. The van der Waals surface area contributed by atoms with E-state index >= 15 is 0 Å². The van der Waals surface area contributed by atoms with E-state index in [-0.39, 0.29) is 0 Å². The van der Waals surface area contributed by atoms with Crippen molar-refractivity contribution in [3.8, 4) is 0 Å². The molecule has 0 spiro atoms. The van der Waals surface area contributed by atoms with Crippen LogP contribution in [0.1, 0.15) is 46.5 Å². The van der Waals surface area contributed by atoms with Crippen LogP contribution in [-0.2, 0) is 0 Å². The highest BCUT2D eigenvalue weighted by Crippen LogP contribution is 2.30. The zero-order chi connectivity index (χ0) is 10.4. The van der Waals surface area contributed by atoms with Crippen LogP contribution in [0.3, 0.4) is 0 Å². The van der Waals surface area contributed by atoms with Crippen molar-refractivity contribution in [3.05, 3.63) is 11.8 Å². The lowest BCUT2D eigenvalue weighted by molar-refractivity contribution is 0.294. The summed E-state index contributed by atoms with van der Waals surface area (Å²) in [5.74, 6) is 0.981. The monoisotopic (exact) mass is 196 g/mol. The van der Waals surface area contributed by atoms with Gasteiger partial charge in [-0.25, -0.2) is 5.43 Å². The van der Waals surface area contributed by atoms with E-state index in [0.717, 1.165) is 12.5 Å². The lowest BCUT2D eigenvalue weighted by Gasteiger charge is -2.14. The Balaban J connectivity index is 0.000000293. The Morgan fingerprint density at radius 1 is 1.36 bits per heavy atom. The van der Waals surface area contributed by atoms with Crippen molar-refractivity contribution in [1.29, 1.82) is 0 Å². The number of hydrogen-bond donors (Lipinski definition) is 1. The van der Waals surface area contributed by atoms with E-state index in [4.69, 9.17) is 0 Å². The summed E-state index contributed by atoms with van der Waals surface area (Å²) in [6.45, 7) is 8.76. The minimum Gasteiger partial charge on any atom is -0.315 e. The fourth-order valence-electron chi connectivity index (χ4n) is 1.43. The van der Waals surface area contributed by atoms with E-state index in [2.05, 4.69) is 37.4 Å². The molecule has 1 aliphatic carbocycles. The normalized spacial score (nSPS) is 20.2. The van der Waals surface area contributed by atoms with E-state index in [1.807, 2.05) is 0 Å². The Morgan fingerprint density at radius 3 is 2.43 bits per heavy atom. The molecule has 0 bridgehead atoms. The molecule has 1 aliphatic heterocycles. The Kier molecular flexibility index (Phi) is 5.02. The van der Waals surface area contributed by atoms with Gasteiger partial charge in [0.05, 0.1) is 0 Å². The molecule has 0 aromatic carbocycles. The second-order valence-electron chi connectivity index (χ2n) is 4.28. The zero-order valence-corrected chi connectivity index (χ0v) is 9.84. The van der Waals surface area contributed by atoms with Gasteiger partial charge in [0.1, 0.15) is 0 Å². The van der Waals surface area contributed by atoms with Crippen LogP contribution in [0.2, 0.25) is 0 Å². The average molecular weight is 196 g/mol. The number of nitrogens with one attached hydrogen (secondary N) is 1. The van der Waals surface area contributed by atoms with Gasteiger partial charge in [-0.05, 0) is 30.8 Å². The lowest BCUT2D eigenvalue weighted by Crippen LogP contribution is -2.30. The van der Waals surface area contributed by atoms with Crippen molar-refractivity contribution in [3.63, 3.8) is 0 Å². The summed E-state index contributed by atoms with van der Waals surface area (Å²) in [4.78, 5) is 0. The number of hydrogen-bond acceptors (Lipinski definition) is 2. The number of rotatable bonds is 3. The molecule has 2 nitrogen and oxygen atoms in total. The van der Waals surface area contributed by atoms with Crippen LogP contribution >= 0.6 is 0 Å². The summed E-state index contributed by atoms with van der Waals surface area (Å²) in [6.07, 6.45) is 7.59. The number of nitrogens with zero attached hydrogens (tertiary/aromatic N) is 1. The molecule has 2 aliphatic rings. The van der Waals surface area contributed by atoms with Gasteiger partial charge >= 0.3 is 0 Å². The predicted octanol–water partition coefficient (Wildman–Crippen LogP) is 2.93. The van der Waals surface area contributed by atoms with Crippen LogP contribution in [0.4, 0.5) is 0 Å². The van der Waals surface area contributed by atoms with Crippen molar-refractivity contribution >= 4 is 0 Å². The molecule has 1 saturated carbocycles. The molecular weight excluding hydrogens is 172 g/mol. The third kappa shape index (κ3) is 4.14. The Hall–Kier alpha value is -0.500. The molecule has 0 unspecified atom stereocenters. The topological polar surface area (TPSA) is 15.3 Å². The molecule has 0 radical (unpaired) electrons. The molecule has 82 valence electrons. The summed E-state index contributed by atoms with van der Waals surface area (Å²) >= 11 is 0. The van der Waals surface area contributed by atoms with Crippen molar-refractivity contribution in [2.75, 3.05) is 13.1 Å². The van der Waals surface area contributed by atoms with Crippen LogP contribution in [0, 0.1) is 5.92 Å². The van der Waals surface area contributed by atoms with E-state index in [0.29, 0.717) is 0 Å². The Bertz CT molecular complexity index is 183. The molecule has 0 saturated heterocycles. The second-order valence-corrected chi connectivity index (χ2v) is 4.28. The van der Waals surface area contributed by atoms with Gasteiger partial charge in [0.2, 0.25) is 0 Å². The van der Waals surface area contributed by atoms with E-state index in [1.165, 1.54) is 37.8 Å². The second kappa shape index (κ2) is 6.07. The maximum absolute atomic E-state index is 3.37. The van der Waals surface area contributed by atoms with Gasteiger partial charge in [-0.1, -0.05) is 27.2 Å². The van der Waals surface area contributed by atoms with Crippen LogP contribution < -0.4 is 5.43 Å². The first-order valence-electron chi connectivity index (χ1n) is 5.99. The van der Waals surface area contributed by atoms with Crippen molar-refractivity contribution in [1.82, 2.24) is 10.4 Å². The Labute approximate surface area is 88.3 Å². The average Bonchev–Trinajstić information content (AvgIpc) is 2.84. The van der Waals surface area contributed by atoms with Gasteiger partial charge in [0.15, 0.2) is 0 Å². The van der Waals surface area contributed by atoms with Gasteiger partial charge in [0, 0.05) is 19.3 Å². The zero-order valence-electron chi connectivity index (χ0n) is 9.84. The maximum atomic E-state index is 3.37. The van der Waals surface area contributed by atoms with Crippen LogP contribution in [0.5, 0.6) is 0 Å². The minimum absolute atomic E-state index is 0.981. The van der Waals surface area contributed by atoms with Crippen molar-refractivity contribution < 1.29 is 0 Å². The molecule has 14 heavy (non-hydrogen) atoms. The van der Waals surface area contributed by atoms with Gasteiger partial charge in [-0.3, -0.25) is 0 Å². The SMILES string of the molecule is CCC.CCC1=CN(CC2CC2)NC1. The first-order chi connectivity index (χ1) is 6.80. The predicted molar refractivity (Wildman–Crippen MR) is 61.8 cm³/mol. The third-order valence-electron chi connectivity index (χ3n) is 2.45. The molecule has 2 rings (SSSR count). The molecule has 2 heteroatoms. The van der Waals surface area contributed by atoms with E-state index < -0.39 is 0 Å². The van der Waals surface area contributed by atoms with Gasteiger partial charge in [-0.2, -0.15) is 0 Å². The third-order valence-corrected chi connectivity index (χ3v) is 2.45. The first kappa shape index (κ1) is 11.6. The summed E-state index contributed by atoms with van der Waals surface area (Å²) in [5.41, 5.74) is 4.90. The molecule has 0 atom stereocenters. The van der Waals surface area contributed by atoms with Crippen LogP contribution in [0.25, 0.3) is 0 Å². The van der Waals surface area contributed by atoms with Gasteiger partial charge in [0.25, 0.3) is 0 Å². The van der Waals surface area contributed by atoms with E-state index in [1.54, 1.807) is 0 Å². The highest BCUT2D eigenvalue weighted by molar-refractivity contribution is 5.07. The summed E-state index contributed by atoms with van der Waals surface area (Å²) in [7, 11) is 0. The molecular formula is C12H24N2. The molecule has 1 N–H and O–H groups in total. The molecule has 0 aromatic heterocycles. The first-order valence-corrected chi connectivity index (χ1v) is 5.99. The van der Waals surface area contributed by atoms with E-state index in [9.17, 15) is 0 Å². The highest BCUT2D eigenvalue weighted by Gasteiger charge is 2.24. The lowest BCUT2D eigenvalue weighted by atomic mass is 10.2. The van der Waals surface area contributed by atoms with Gasteiger partial charge < -0.3 is 5.01 Å². The van der Waals surface area contributed by atoms with Crippen molar-refractivity contribution in [2.24, 2.45) is 5.92 Å². The fraction of sp³-hybridized carbons (Fsp3) is 0.833. The Morgan fingerprint density at radius 2 is 2.00 bits per heavy atom. The summed E-state index contributed by atoms with van der Waals surface area (Å²) < 4.78 is 0. The summed E-state index contributed by atoms with van der Waals surface area (Å²) in [6, 6.07) is 0. The minimum atomic E-state index is 0.981. The summed E-state index contributed by atoms with van der Waals surface area (Å²) in [5, 5.41) is 2.26. The largest absolute Gasteiger partial charge is 0.315 e. The van der Waals surface area contributed by atoms with Crippen LogP contribution in [0.15, 0.2) is 11.8 Å². The quantitative estimate of drug-likeness (QED) is 0.746. The molecule has 0 aromatic rings. The maximum Gasteiger partial charge on any atom is 0.0377 e. The molecule has 1 fully saturated rings. The highest BCUT2D eigenvalue weighted by atomic mass is 15.5. The molecule has 0 amide bonds. The number of hydrazine groups is 1. The fourth-order valence-corrected chi connectivity index (χ4v) is 1.43. The van der Waals surface area contributed by atoms with Crippen LogP contribution in [-0.4, -0.2) is 18.1 Å². The smallest absolute Gasteiger partial charge is 0.0377 e. The van der Waals surface area contributed by atoms with Gasteiger partial charge in [-0.15, -0.1) is 0 Å². The van der Waals surface area contributed by atoms with Crippen molar-refractivity contribution in [2.45, 2.75) is 46.5 Å².